The van der Waals surface area contributed by atoms with Crippen molar-refractivity contribution in [1.29, 1.82) is 0 Å². The maximum Gasteiger partial charge on any atom is 0.269 e. The highest BCUT2D eigenvalue weighted by molar-refractivity contribution is 5.92. The van der Waals surface area contributed by atoms with E-state index in [1.54, 1.807) is 12.3 Å². The summed E-state index contributed by atoms with van der Waals surface area (Å²) in [6.07, 6.45) is 7.80. The first-order valence-corrected chi connectivity index (χ1v) is 11.3. The Balaban J connectivity index is 1.13. The van der Waals surface area contributed by atoms with Crippen molar-refractivity contribution in [2.75, 3.05) is 26.2 Å². The van der Waals surface area contributed by atoms with Gasteiger partial charge in [0.1, 0.15) is 5.69 Å². The van der Waals surface area contributed by atoms with Crippen molar-refractivity contribution in [1.82, 2.24) is 20.2 Å². The highest BCUT2D eigenvalue weighted by Crippen LogP contribution is 2.37. The molecule has 2 saturated heterocycles. The first kappa shape index (κ1) is 20.2. The summed E-state index contributed by atoms with van der Waals surface area (Å²) in [5, 5.41) is 4.34. The molecule has 4 heterocycles. The van der Waals surface area contributed by atoms with Crippen LogP contribution in [-0.4, -0.2) is 52.6 Å². The topological polar surface area (TPSA) is 70.2 Å². The predicted molar refractivity (Wildman–Crippen MR) is 121 cm³/mol. The third-order valence-electron chi connectivity index (χ3n) is 6.84. The van der Waals surface area contributed by atoms with E-state index < -0.39 is 0 Å². The van der Waals surface area contributed by atoms with Crippen LogP contribution >= 0.6 is 0 Å². The van der Waals surface area contributed by atoms with Crippen molar-refractivity contribution in [2.24, 2.45) is 5.92 Å². The molecule has 1 aromatic carbocycles. The highest BCUT2D eigenvalue weighted by Gasteiger charge is 2.40. The summed E-state index contributed by atoms with van der Waals surface area (Å²) in [5.41, 5.74) is 3.01. The third-order valence-corrected chi connectivity index (χ3v) is 6.84. The first-order chi connectivity index (χ1) is 15.2. The number of nitrogens with one attached hydrogen (secondary N) is 2. The molecule has 5 rings (SSSR count). The van der Waals surface area contributed by atoms with Gasteiger partial charge in [-0.15, -0.1) is 0 Å². The van der Waals surface area contributed by atoms with Crippen LogP contribution in [0.2, 0.25) is 0 Å². The van der Waals surface area contributed by atoms with Crippen LogP contribution in [0.25, 0.3) is 10.9 Å². The molecule has 0 aliphatic carbocycles. The van der Waals surface area contributed by atoms with Gasteiger partial charge in [-0.05, 0) is 66.8 Å². The molecule has 6 nitrogen and oxygen atoms in total. The molecule has 2 aliphatic rings. The fraction of sp³-hybridized carbons (Fsp3) is 0.440. The standard InChI is InChI=1S/C25H30N4O2/c30-24(22-3-1-2-10-26-22)28-17-20-7-14-31-25(16-20)8-12-29(13-9-25)18-19-4-5-21-6-11-27-23(21)15-19/h1-6,10-11,15,20,27H,7-9,12-14,16-18H2,(H,28,30). The number of ether oxygens (including phenoxy) is 1. The van der Waals surface area contributed by atoms with Crippen LogP contribution in [0.3, 0.4) is 0 Å². The molecule has 0 saturated carbocycles. The Morgan fingerprint density at radius 1 is 1.23 bits per heavy atom. The monoisotopic (exact) mass is 418 g/mol. The fourth-order valence-electron chi connectivity index (χ4n) is 5.05. The summed E-state index contributed by atoms with van der Waals surface area (Å²) in [6, 6.07) is 14.2. The zero-order valence-electron chi connectivity index (χ0n) is 17.8. The number of nitrogens with zero attached hydrogens (tertiary/aromatic N) is 2. The van der Waals surface area contributed by atoms with Crippen molar-refractivity contribution < 1.29 is 9.53 Å². The SMILES string of the molecule is O=C(NCC1CCOC2(CCN(Cc3ccc4cc[nH]c4c3)CC2)C1)c1ccccn1. The summed E-state index contributed by atoms with van der Waals surface area (Å²) in [6.45, 7) is 4.56. The Morgan fingerprint density at radius 2 is 2.13 bits per heavy atom. The zero-order chi connectivity index (χ0) is 21.1. The van der Waals surface area contributed by atoms with Crippen LogP contribution in [0.5, 0.6) is 0 Å². The molecule has 0 radical (unpaired) electrons. The lowest BCUT2D eigenvalue weighted by Crippen LogP contribution is -2.50. The molecule has 1 spiro atoms. The number of piperidine rings is 1. The molecular formula is C25H30N4O2. The molecule has 31 heavy (non-hydrogen) atoms. The summed E-state index contributed by atoms with van der Waals surface area (Å²) in [5.74, 6) is 0.373. The van der Waals surface area contributed by atoms with Crippen LogP contribution in [0.15, 0.2) is 54.9 Å². The maximum atomic E-state index is 12.3. The maximum absolute atomic E-state index is 12.3. The van der Waals surface area contributed by atoms with Crippen LogP contribution in [-0.2, 0) is 11.3 Å². The minimum atomic E-state index is -0.0880. The van der Waals surface area contributed by atoms with Crippen molar-refractivity contribution in [3.63, 3.8) is 0 Å². The Morgan fingerprint density at radius 3 is 2.97 bits per heavy atom. The lowest BCUT2D eigenvalue weighted by atomic mass is 9.79. The summed E-state index contributed by atoms with van der Waals surface area (Å²) in [4.78, 5) is 22.3. The normalized spacial score (nSPS) is 21.4. The minimum Gasteiger partial charge on any atom is -0.375 e. The quantitative estimate of drug-likeness (QED) is 0.662. The molecular weight excluding hydrogens is 388 g/mol. The van der Waals surface area contributed by atoms with Gasteiger partial charge in [0.25, 0.3) is 5.91 Å². The van der Waals surface area contributed by atoms with Crippen LogP contribution in [0.4, 0.5) is 0 Å². The highest BCUT2D eigenvalue weighted by atomic mass is 16.5. The number of benzene rings is 1. The number of pyridine rings is 1. The number of hydrogen-bond donors (Lipinski definition) is 2. The van der Waals surface area contributed by atoms with Crippen LogP contribution < -0.4 is 5.32 Å². The van der Waals surface area contributed by atoms with Crippen molar-refractivity contribution in [3.05, 3.63) is 66.1 Å². The number of aromatic amines is 1. The third kappa shape index (κ3) is 4.65. The molecule has 2 aromatic heterocycles. The number of carbonyl (C=O) groups is 1. The number of likely N-dealkylation sites (tertiary alicyclic amines) is 1. The number of amides is 1. The van der Waals surface area contributed by atoms with E-state index in [1.165, 1.54) is 16.5 Å². The van der Waals surface area contributed by atoms with Gasteiger partial charge in [0.2, 0.25) is 0 Å². The van der Waals surface area contributed by atoms with Gasteiger partial charge in [-0.1, -0.05) is 18.2 Å². The first-order valence-electron chi connectivity index (χ1n) is 11.3. The predicted octanol–water partition coefficient (Wildman–Crippen LogP) is 3.75. The number of carbonyl (C=O) groups excluding carboxylic acids is 1. The van der Waals surface area contributed by atoms with Gasteiger partial charge in [0.15, 0.2) is 0 Å². The molecule has 6 heteroatoms. The lowest BCUT2D eigenvalue weighted by molar-refractivity contribution is -0.127. The number of aromatic nitrogens is 2. The van der Waals surface area contributed by atoms with Gasteiger partial charge in [-0.3, -0.25) is 14.7 Å². The van der Waals surface area contributed by atoms with Crippen LogP contribution in [0, 0.1) is 5.92 Å². The zero-order valence-corrected chi connectivity index (χ0v) is 17.8. The van der Waals surface area contributed by atoms with E-state index in [0.29, 0.717) is 18.2 Å². The van der Waals surface area contributed by atoms with E-state index in [-0.39, 0.29) is 11.5 Å². The molecule has 1 amide bonds. The molecule has 1 atom stereocenters. The second-order valence-corrected chi connectivity index (χ2v) is 8.99. The number of rotatable bonds is 5. The van der Waals surface area contributed by atoms with E-state index in [1.807, 2.05) is 18.3 Å². The van der Waals surface area contributed by atoms with Crippen molar-refractivity contribution in [3.8, 4) is 0 Å². The Kier molecular flexibility index (Phi) is 5.74. The second kappa shape index (κ2) is 8.81. The van der Waals surface area contributed by atoms with E-state index >= 15 is 0 Å². The van der Waals surface area contributed by atoms with Gasteiger partial charge >= 0.3 is 0 Å². The van der Waals surface area contributed by atoms with Crippen molar-refractivity contribution in [2.45, 2.75) is 37.8 Å². The summed E-state index contributed by atoms with van der Waals surface area (Å²) < 4.78 is 6.32. The molecule has 162 valence electrons. The van der Waals surface area contributed by atoms with Crippen LogP contribution in [0.1, 0.15) is 41.7 Å². The summed E-state index contributed by atoms with van der Waals surface area (Å²) >= 11 is 0. The number of H-pyrrole nitrogens is 1. The van der Waals surface area contributed by atoms with E-state index in [2.05, 4.69) is 44.5 Å². The summed E-state index contributed by atoms with van der Waals surface area (Å²) in [7, 11) is 0. The van der Waals surface area contributed by atoms with Gasteiger partial charge in [0.05, 0.1) is 5.60 Å². The minimum absolute atomic E-state index is 0.0292. The fourth-order valence-corrected chi connectivity index (χ4v) is 5.05. The smallest absolute Gasteiger partial charge is 0.269 e. The Hall–Kier alpha value is -2.70. The lowest BCUT2D eigenvalue weighted by Gasteiger charge is -2.46. The molecule has 2 N–H and O–H groups in total. The molecule has 2 aliphatic heterocycles. The molecule has 3 aromatic rings. The average molecular weight is 419 g/mol. The number of hydrogen-bond acceptors (Lipinski definition) is 4. The molecule has 0 bridgehead atoms. The van der Waals surface area contributed by atoms with Crippen molar-refractivity contribution >= 4 is 16.8 Å². The van der Waals surface area contributed by atoms with E-state index in [4.69, 9.17) is 4.74 Å². The van der Waals surface area contributed by atoms with Gasteiger partial charge in [-0.2, -0.15) is 0 Å². The second-order valence-electron chi connectivity index (χ2n) is 8.99. The van der Waals surface area contributed by atoms with E-state index in [0.717, 1.165) is 51.9 Å². The van der Waals surface area contributed by atoms with E-state index in [9.17, 15) is 4.79 Å². The Bertz CT molecular complexity index is 1020. The molecule has 2 fully saturated rings. The number of fused-ring (bicyclic) bond motifs is 1. The Labute approximate surface area is 183 Å². The van der Waals surface area contributed by atoms with Gasteiger partial charge < -0.3 is 15.0 Å². The van der Waals surface area contributed by atoms with Gasteiger partial charge in [0, 0.05) is 50.7 Å². The average Bonchev–Trinajstić information content (AvgIpc) is 3.28. The van der Waals surface area contributed by atoms with Gasteiger partial charge in [-0.25, -0.2) is 0 Å². The largest absolute Gasteiger partial charge is 0.375 e. The molecule has 1 unspecified atom stereocenters.